The number of aromatic nitrogens is 1. The monoisotopic (exact) mass is 414 g/mol. The van der Waals surface area contributed by atoms with Gasteiger partial charge in [0, 0.05) is 31.6 Å². The molecule has 3 saturated heterocycles. The van der Waals surface area contributed by atoms with Crippen LogP contribution in [0.25, 0.3) is 0 Å². The van der Waals surface area contributed by atoms with Crippen LogP contribution in [0.15, 0.2) is 12.1 Å². The molecule has 8 heteroatoms. The molecule has 8 nitrogen and oxygen atoms in total. The van der Waals surface area contributed by atoms with Gasteiger partial charge in [-0.3, -0.25) is 19.9 Å². The fourth-order valence-electron chi connectivity index (χ4n) is 4.79. The molecule has 3 unspecified atom stereocenters. The number of likely N-dealkylation sites (tertiary alicyclic amines) is 1. The zero-order chi connectivity index (χ0) is 21.6. The van der Waals surface area contributed by atoms with Gasteiger partial charge in [0.25, 0.3) is 0 Å². The van der Waals surface area contributed by atoms with E-state index < -0.39 is 5.60 Å². The molecule has 162 valence electrons. The Balaban J connectivity index is 1.50. The number of piperazine rings is 1. The number of hydrogen-bond donors (Lipinski definition) is 1. The number of pyridine rings is 1. The normalized spacial score (nSPS) is 26.6. The van der Waals surface area contributed by atoms with E-state index in [4.69, 9.17) is 9.72 Å². The van der Waals surface area contributed by atoms with Crippen molar-refractivity contribution >= 4 is 23.6 Å². The minimum Gasteiger partial charge on any atom is -0.444 e. The van der Waals surface area contributed by atoms with E-state index in [1.54, 1.807) is 0 Å². The topological polar surface area (TPSA) is 91.8 Å². The largest absolute Gasteiger partial charge is 0.444 e. The van der Waals surface area contributed by atoms with Gasteiger partial charge in [0.15, 0.2) is 0 Å². The van der Waals surface area contributed by atoms with Crippen LogP contribution in [-0.2, 0) is 14.3 Å². The standard InChI is InChI=1S/C22H30N4O4/c1-13-18(9-8-17(23-13)16-7-10-19(27)24-20(16)28)26-14-5-6-15(26)12-25(11-14)21(29)30-22(2,3)4/h8-9,14-16H,5-7,10-12H2,1-4H3,(H,24,27,28). The predicted octanol–water partition coefficient (Wildman–Crippen LogP) is 2.50. The second kappa shape index (κ2) is 7.56. The summed E-state index contributed by atoms with van der Waals surface area (Å²) in [6.45, 7) is 8.89. The lowest BCUT2D eigenvalue weighted by Crippen LogP contribution is -2.56. The van der Waals surface area contributed by atoms with Crippen molar-refractivity contribution in [1.29, 1.82) is 0 Å². The first-order valence-electron chi connectivity index (χ1n) is 10.7. The smallest absolute Gasteiger partial charge is 0.410 e. The summed E-state index contributed by atoms with van der Waals surface area (Å²) in [5.74, 6) is -0.864. The van der Waals surface area contributed by atoms with Crippen molar-refractivity contribution in [2.75, 3.05) is 18.0 Å². The van der Waals surface area contributed by atoms with Crippen LogP contribution >= 0.6 is 0 Å². The van der Waals surface area contributed by atoms with E-state index in [1.165, 1.54) is 0 Å². The highest BCUT2D eigenvalue weighted by Crippen LogP contribution is 2.37. The van der Waals surface area contributed by atoms with Crippen molar-refractivity contribution in [2.24, 2.45) is 0 Å². The molecule has 1 aromatic heterocycles. The zero-order valence-corrected chi connectivity index (χ0v) is 18.1. The molecule has 3 amide bonds. The molecule has 4 rings (SSSR count). The van der Waals surface area contributed by atoms with E-state index in [0.717, 1.165) is 24.2 Å². The Morgan fingerprint density at radius 2 is 1.80 bits per heavy atom. The average molecular weight is 415 g/mol. The van der Waals surface area contributed by atoms with Gasteiger partial charge in [-0.2, -0.15) is 0 Å². The molecule has 3 aliphatic rings. The number of carbonyl (C=O) groups excluding carboxylic acids is 3. The number of amides is 3. The summed E-state index contributed by atoms with van der Waals surface area (Å²) in [6, 6.07) is 4.41. The lowest BCUT2D eigenvalue weighted by Gasteiger charge is -2.43. The third kappa shape index (κ3) is 4.00. The minimum atomic E-state index is -0.500. The summed E-state index contributed by atoms with van der Waals surface area (Å²) < 4.78 is 5.56. The number of carbonyl (C=O) groups is 3. The molecule has 0 aliphatic carbocycles. The highest BCUT2D eigenvalue weighted by atomic mass is 16.6. The van der Waals surface area contributed by atoms with Gasteiger partial charge in [0.2, 0.25) is 11.8 Å². The van der Waals surface area contributed by atoms with Gasteiger partial charge in [0.1, 0.15) is 5.60 Å². The molecule has 0 aromatic carbocycles. The van der Waals surface area contributed by atoms with Crippen LogP contribution in [0, 0.1) is 6.92 Å². The first kappa shape index (κ1) is 20.6. The van der Waals surface area contributed by atoms with Crippen LogP contribution in [0.1, 0.15) is 63.8 Å². The zero-order valence-electron chi connectivity index (χ0n) is 18.1. The predicted molar refractivity (Wildman–Crippen MR) is 111 cm³/mol. The Hall–Kier alpha value is -2.64. The summed E-state index contributed by atoms with van der Waals surface area (Å²) in [5.41, 5.74) is 2.14. The van der Waals surface area contributed by atoms with E-state index in [9.17, 15) is 14.4 Å². The molecule has 1 N–H and O–H groups in total. The molecule has 30 heavy (non-hydrogen) atoms. The number of ether oxygens (including phenoxy) is 1. The fourth-order valence-corrected chi connectivity index (χ4v) is 4.79. The number of rotatable bonds is 2. The van der Waals surface area contributed by atoms with Gasteiger partial charge in [-0.15, -0.1) is 0 Å². The molecule has 0 saturated carbocycles. The average Bonchev–Trinajstić information content (AvgIpc) is 2.89. The van der Waals surface area contributed by atoms with E-state index in [0.29, 0.717) is 31.6 Å². The van der Waals surface area contributed by atoms with Gasteiger partial charge in [-0.25, -0.2) is 4.79 Å². The summed E-state index contributed by atoms with van der Waals surface area (Å²) in [6.07, 6.45) is 2.64. The number of fused-ring (bicyclic) bond motifs is 2. The van der Waals surface area contributed by atoms with Gasteiger partial charge >= 0.3 is 6.09 Å². The lowest BCUT2D eigenvalue weighted by molar-refractivity contribution is -0.134. The second-order valence-corrected chi connectivity index (χ2v) is 9.52. The van der Waals surface area contributed by atoms with Gasteiger partial charge in [-0.1, -0.05) is 0 Å². The molecule has 2 bridgehead atoms. The van der Waals surface area contributed by atoms with Crippen molar-refractivity contribution in [2.45, 2.75) is 77.0 Å². The van der Waals surface area contributed by atoms with Crippen LogP contribution in [0.4, 0.5) is 10.5 Å². The highest BCUT2D eigenvalue weighted by Gasteiger charge is 2.43. The van der Waals surface area contributed by atoms with Crippen molar-refractivity contribution in [3.8, 4) is 0 Å². The van der Waals surface area contributed by atoms with E-state index >= 15 is 0 Å². The third-order valence-corrected chi connectivity index (χ3v) is 6.09. The Morgan fingerprint density at radius 3 is 2.37 bits per heavy atom. The van der Waals surface area contributed by atoms with Crippen LogP contribution in [0.5, 0.6) is 0 Å². The Labute approximate surface area is 177 Å². The summed E-state index contributed by atoms with van der Waals surface area (Å²) in [7, 11) is 0. The maximum absolute atomic E-state index is 12.5. The summed E-state index contributed by atoms with van der Waals surface area (Å²) >= 11 is 0. The van der Waals surface area contributed by atoms with Gasteiger partial charge < -0.3 is 14.5 Å². The van der Waals surface area contributed by atoms with Crippen LogP contribution in [0.2, 0.25) is 0 Å². The number of hydrogen-bond acceptors (Lipinski definition) is 6. The highest BCUT2D eigenvalue weighted by molar-refractivity contribution is 6.00. The first-order chi connectivity index (χ1) is 14.1. The molecular formula is C22H30N4O4. The SMILES string of the molecule is Cc1nc(C2CCC(=O)NC2=O)ccc1N1C2CCC1CN(C(=O)OC(C)(C)C)C2. The van der Waals surface area contributed by atoms with E-state index in [2.05, 4.69) is 10.2 Å². The summed E-state index contributed by atoms with van der Waals surface area (Å²) in [4.78, 5) is 45.1. The maximum atomic E-state index is 12.5. The van der Waals surface area contributed by atoms with Crippen LogP contribution in [-0.4, -0.2) is 58.6 Å². The molecule has 4 heterocycles. The van der Waals surface area contributed by atoms with Crippen molar-refractivity contribution in [3.63, 3.8) is 0 Å². The number of nitrogens with zero attached hydrogens (tertiary/aromatic N) is 3. The first-order valence-corrected chi connectivity index (χ1v) is 10.7. The van der Waals surface area contributed by atoms with E-state index in [-0.39, 0.29) is 35.9 Å². The maximum Gasteiger partial charge on any atom is 0.410 e. The molecule has 0 radical (unpaired) electrons. The van der Waals surface area contributed by atoms with Crippen LogP contribution in [0.3, 0.4) is 0 Å². The molecule has 3 fully saturated rings. The minimum absolute atomic E-state index is 0.218. The quantitative estimate of drug-likeness (QED) is 0.748. The third-order valence-electron chi connectivity index (χ3n) is 6.09. The fraction of sp³-hybridized carbons (Fsp3) is 0.636. The number of imide groups is 1. The van der Waals surface area contributed by atoms with Crippen LogP contribution < -0.4 is 10.2 Å². The molecular weight excluding hydrogens is 384 g/mol. The lowest BCUT2D eigenvalue weighted by atomic mass is 9.94. The molecule has 1 aromatic rings. The number of piperidine rings is 1. The van der Waals surface area contributed by atoms with Gasteiger partial charge in [0.05, 0.1) is 23.0 Å². The number of anilines is 1. The Kier molecular flexibility index (Phi) is 5.20. The Morgan fingerprint density at radius 1 is 1.13 bits per heavy atom. The number of aryl methyl sites for hydroxylation is 1. The second-order valence-electron chi connectivity index (χ2n) is 9.52. The summed E-state index contributed by atoms with van der Waals surface area (Å²) in [5, 5.41) is 2.40. The van der Waals surface area contributed by atoms with E-state index in [1.807, 2.05) is 44.7 Å². The Bertz CT molecular complexity index is 864. The molecule has 0 spiro atoms. The van der Waals surface area contributed by atoms with Crippen molar-refractivity contribution < 1.29 is 19.1 Å². The van der Waals surface area contributed by atoms with Crippen molar-refractivity contribution in [3.05, 3.63) is 23.5 Å². The number of nitrogens with one attached hydrogen (secondary N) is 1. The van der Waals surface area contributed by atoms with Gasteiger partial charge in [-0.05, 0) is 59.1 Å². The molecule has 3 atom stereocenters. The van der Waals surface area contributed by atoms with Crippen molar-refractivity contribution in [1.82, 2.24) is 15.2 Å². The molecule has 3 aliphatic heterocycles.